The lowest BCUT2D eigenvalue weighted by molar-refractivity contribution is 0.585. The summed E-state index contributed by atoms with van der Waals surface area (Å²) in [5, 5.41) is 7.66. The molecule has 8 nitrogen and oxygen atoms in total. The summed E-state index contributed by atoms with van der Waals surface area (Å²) in [6.07, 6.45) is 0.990. The molecule has 22 heavy (non-hydrogen) atoms. The molecule has 108 valence electrons. The van der Waals surface area contributed by atoms with E-state index in [0.717, 1.165) is 16.8 Å². The molecule has 2 heterocycles. The molecule has 0 saturated carbocycles. The van der Waals surface area contributed by atoms with E-state index < -0.39 is 12.2 Å². The van der Waals surface area contributed by atoms with Gasteiger partial charge in [0.2, 0.25) is 0 Å². The highest BCUT2D eigenvalue weighted by Crippen LogP contribution is 2.46. The maximum Gasteiger partial charge on any atom is 0.133 e. The lowest BCUT2D eigenvalue weighted by atomic mass is 10.1. The standard InChI is InChI=1S/C14H12N8/c1-9-5-6-11-10(8-9)13(18-20-15)14(19-21-16)22(11)12-4-2-3-7-17-12/h2-8,13-14H,1H3. The fraction of sp³-hybridized carbons (Fsp3) is 0.214. The minimum absolute atomic E-state index is 0.585. The number of rotatable bonds is 3. The fourth-order valence-corrected chi connectivity index (χ4v) is 2.67. The molecule has 0 bridgehead atoms. The summed E-state index contributed by atoms with van der Waals surface area (Å²) in [6.45, 7) is 1.96. The lowest BCUT2D eigenvalue weighted by Crippen LogP contribution is -2.27. The van der Waals surface area contributed by atoms with Gasteiger partial charge in [-0.2, -0.15) is 0 Å². The average molecular weight is 292 g/mol. The zero-order valence-electron chi connectivity index (χ0n) is 11.8. The molecule has 1 aliphatic heterocycles. The molecule has 2 aromatic rings. The Hall–Kier alpha value is -3.21. The average Bonchev–Trinajstić information content (AvgIpc) is 2.82. The van der Waals surface area contributed by atoms with Crippen LogP contribution in [0.25, 0.3) is 20.9 Å². The number of anilines is 2. The maximum absolute atomic E-state index is 8.89. The van der Waals surface area contributed by atoms with Gasteiger partial charge in [-0.1, -0.05) is 34.0 Å². The molecule has 0 N–H and O–H groups in total. The third kappa shape index (κ3) is 2.18. The van der Waals surface area contributed by atoms with Crippen molar-refractivity contribution in [2.75, 3.05) is 4.90 Å². The van der Waals surface area contributed by atoms with E-state index in [1.165, 1.54) is 0 Å². The van der Waals surface area contributed by atoms with Crippen molar-refractivity contribution in [1.82, 2.24) is 4.98 Å². The van der Waals surface area contributed by atoms with E-state index in [1.54, 1.807) is 11.1 Å². The minimum atomic E-state index is -0.674. The third-order valence-corrected chi connectivity index (χ3v) is 3.55. The number of nitrogens with zero attached hydrogens (tertiary/aromatic N) is 8. The van der Waals surface area contributed by atoms with Crippen LogP contribution in [0.3, 0.4) is 0 Å². The van der Waals surface area contributed by atoms with Gasteiger partial charge in [0.25, 0.3) is 0 Å². The van der Waals surface area contributed by atoms with Crippen LogP contribution in [0.4, 0.5) is 11.5 Å². The minimum Gasteiger partial charge on any atom is -0.316 e. The number of aryl methyl sites for hydroxylation is 1. The van der Waals surface area contributed by atoms with Gasteiger partial charge in [0.1, 0.15) is 12.0 Å². The molecule has 0 radical (unpaired) electrons. The quantitative estimate of drug-likeness (QED) is 0.469. The molecule has 0 fully saturated rings. The second kappa shape index (κ2) is 5.65. The maximum atomic E-state index is 8.89. The van der Waals surface area contributed by atoms with Crippen molar-refractivity contribution in [1.29, 1.82) is 0 Å². The molecule has 0 spiro atoms. The first-order valence-electron chi connectivity index (χ1n) is 6.65. The Morgan fingerprint density at radius 1 is 1.14 bits per heavy atom. The molecule has 1 aromatic carbocycles. The molecule has 0 aliphatic carbocycles. The molecule has 2 atom stereocenters. The van der Waals surface area contributed by atoms with Gasteiger partial charge in [0, 0.05) is 21.7 Å². The molecular formula is C14H12N8. The highest BCUT2D eigenvalue weighted by atomic mass is 15.4. The van der Waals surface area contributed by atoms with Gasteiger partial charge in [-0.15, -0.1) is 0 Å². The van der Waals surface area contributed by atoms with E-state index in [4.69, 9.17) is 11.1 Å². The van der Waals surface area contributed by atoms with E-state index in [0.29, 0.717) is 5.82 Å². The summed E-state index contributed by atoms with van der Waals surface area (Å²) in [7, 11) is 0. The Bertz CT molecular complexity index is 790. The van der Waals surface area contributed by atoms with Gasteiger partial charge < -0.3 is 4.90 Å². The number of pyridine rings is 1. The van der Waals surface area contributed by atoms with Crippen molar-refractivity contribution in [3.8, 4) is 0 Å². The van der Waals surface area contributed by atoms with E-state index in [9.17, 15) is 0 Å². The highest BCUT2D eigenvalue weighted by molar-refractivity contribution is 5.71. The fourth-order valence-electron chi connectivity index (χ4n) is 2.67. The topological polar surface area (TPSA) is 114 Å². The van der Waals surface area contributed by atoms with Crippen LogP contribution < -0.4 is 4.90 Å². The van der Waals surface area contributed by atoms with Crippen molar-refractivity contribution < 1.29 is 0 Å². The highest BCUT2D eigenvalue weighted by Gasteiger charge is 2.38. The number of hydrogen-bond acceptors (Lipinski definition) is 4. The molecule has 0 amide bonds. The largest absolute Gasteiger partial charge is 0.316 e. The number of aromatic nitrogens is 1. The van der Waals surface area contributed by atoms with Crippen molar-refractivity contribution in [3.05, 3.63) is 74.6 Å². The summed E-state index contributed by atoms with van der Waals surface area (Å²) in [5.74, 6) is 0.639. The Balaban J connectivity index is 2.23. The first-order chi connectivity index (χ1) is 10.8. The van der Waals surface area contributed by atoms with Gasteiger partial charge in [0.15, 0.2) is 0 Å². The van der Waals surface area contributed by atoms with Crippen molar-refractivity contribution in [2.45, 2.75) is 19.1 Å². The lowest BCUT2D eigenvalue weighted by Gasteiger charge is -2.24. The monoisotopic (exact) mass is 292 g/mol. The van der Waals surface area contributed by atoms with Crippen LogP contribution >= 0.6 is 0 Å². The molecule has 1 aliphatic rings. The van der Waals surface area contributed by atoms with E-state index in [1.807, 2.05) is 43.3 Å². The zero-order valence-corrected chi connectivity index (χ0v) is 11.8. The summed E-state index contributed by atoms with van der Waals surface area (Å²) < 4.78 is 0. The van der Waals surface area contributed by atoms with E-state index in [2.05, 4.69) is 25.0 Å². The molecule has 8 heteroatoms. The van der Waals surface area contributed by atoms with Crippen molar-refractivity contribution >= 4 is 11.5 Å². The van der Waals surface area contributed by atoms with Gasteiger partial charge in [-0.3, -0.25) is 0 Å². The van der Waals surface area contributed by atoms with Crippen LogP contribution in [0.1, 0.15) is 17.2 Å². The smallest absolute Gasteiger partial charge is 0.133 e. The molecule has 1 aromatic heterocycles. The van der Waals surface area contributed by atoms with Gasteiger partial charge >= 0.3 is 0 Å². The number of benzene rings is 1. The molecule has 0 saturated heterocycles. The summed E-state index contributed by atoms with van der Waals surface area (Å²) in [6, 6.07) is 10.7. The first-order valence-corrected chi connectivity index (χ1v) is 6.65. The second-order valence-electron chi connectivity index (χ2n) is 4.89. The molecule has 2 unspecified atom stereocenters. The summed E-state index contributed by atoms with van der Waals surface area (Å²) in [5.41, 5.74) is 20.4. The Morgan fingerprint density at radius 3 is 2.64 bits per heavy atom. The van der Waals surface area contributed by atoms with E-state index >= 15 is 0 Å². The van der Waals surface area contributed by atoms with Crippen LogP contribution in [-0.2, 0) is 0 Å². The van der Waals surface area contributed by atoms with Gasteiger partial charge in [-0.25, -0.2) is 4.98 Å². The predicted octanol–water partition coefficient (Wildman–Crippen LogP) is 4.53. The zero-order chi connectivity index (χ0) is 15.5. The van der Waals surface area contributed by atoms with Gasteiger partial charge in [0.05, 0.1) is 6.04 Å². The number of azide groups is 2. The van der Waals surface area contributed by atoms with Crippen LogP contribution in [0, 0.1) is 6.92 Å². The summed E-state index contributed by atoms with van der Waals surface area (Å²) >= 11 is 0. The Labute approximate surface area is 126 Å². The molecular weight excluding hydrogens is 280 g/mol. The Kier molecular flexibility index (Phi) is 3.53. The van der Waals surface area contributed by atoms with Gasteiger partial charge in [-0.05, 0) is 41.7 Å². The van der Waals surface area contributed by atoms with Crippen LogP contribution in [0.15, 0.2) is 52.8 Å². The predicted molar refractivity (Wildman–Crippen MR) is 82.4 cm³/mol. The normalized spacial score (nSPS) is 19.0. The van der Waals surface area contributed by atoms with E-state index in [-0.39, 0.29) is 0 Å². The molecule has 3 rings (SSSR count). The number of hydrogen-bond donors (Lipinski definition) is 0. The second-order valence-corrected chi connectivity index (χ2v) is 4.89. The van der Waals surface area contributed by atoms with Crippen LogP contribution in [0.5, 0.6) is 0 Å². The third-order valence-electron chi connectivity index (χ3n) is 3.55. The SMILES string of the molecule is Cc1ccc2c(c1)C(N=[N+]=[N-])C(N=[N+]=[N-])N2c1ccccn1. The van der Waals surface area contributed by atoms with Crippen LogP contribution in [-0.4, -0.2) is 11.1 Å². The summed E-state index contributed by atoms with van der Waals surface area (Å²) in [4.78, 5) is 11.9. The van der Waals surface area contributed by atoms with Crippen molar-refractivity contribution in [3.63, 3.8) is 0 Å². The van der Waals surface area contributed by atoms with Crippen molar-refractivity contribution in [2.24, 2.45) is 10.2 Å². The Morgan fingerprint density at radius 2 is 1.95 bits per heavy atom. The number of fused-ring (bicyclic) bond motifs is 1. The first kappa shape index (κ1) is 13.8. The van der Waals surface area contributed by atoms with Crippen LogP contribution in [0.2, 0.25) is 0 Å².